The van der Waals surface area contributed by atoms with E-state index in [1.54, 1.807) is 36.5 Å². The molecule has 0 aliphatic heterocycles. The highest BCUT2D eigenvalue weighted by Gasteiger charge is 2.14. The minimum Gasteiger partial charge on any atom is -0.494 e. The van der Waals surface area contributed by atoms with Gasteiger partial charge < -0.3 is 10.1 Å². The number of unbranched alkanes of at least 4 members (excludes halogenated alkanes) is 5. The van der Waals surface area contributed by atoms with Gasteiger partial charge in [0.25, 0.3) is 11.8 Å². The Morgan fingerprint density at radius 3 is 2.22 bits per heavy atom. The molecule has 6 heteroatoms. The second-order valence-electron chi connectivity index (χ2n) is 8.70. The summed E-state index contributed by atoms with van der Waals surface area (Å²) in [6.07, 6.45) is 8.96. The Labute approximate surface area is 213 Å². The average molecular weight is 486 g/mol. The summed E-state index contributed by atoms with van der Waals surface area (Å²) in [6.45, 7) is 4.81. The third kappa shape index (κ3) is 8.38. The van der Waals surface area contributed by atoms with Crippen molar-refractivity contribution in [1.29, 1.82) is 0 Å². The summed E-state index contributed by atoms with van der Waals surface area (Å²) in [7, 11) is 0. The SMILES string of the molecule is CCCCCCCCOc1ccc(C=NNC(=O)c2ccccc2NC(=O)c2ccccc2C)cc1. The van der Waals surface area contributed by atoms with E-state index in [0.29, 0.717) is 16.8 Å². The van der Waals surface area contributed by atoms with Gasteiger partial charge in [0.05, 0.1) is 24.1 Å². The number of ether oxygens (including phenoxy) is 1. The van der Waals surface area contributed by atoms with Crippen LogP contribution in [0.25, 0.3) is 0 Å². The van der Waals surface area contributed by atoms with Crippen molar-refractivity contribution >= 4 is 23.7 Å². The average Bonchev–Trinajstić information content (AvgIpc) is 2.89. The number of aryl methyl sites for hydroxylation is 1. The van der Waals surface area contributed by atoms with Crippen LogP contribution in [0, 0.1) is 6.92 Å². The summed E-state index contributed by atoms with van der Waals surface area (Å²) in [6, 6.07) is 21.7. The van der Waals surface area contributed by atoms with Gasteiger partial charge in [-0.05, 0) is 66.9 Å². The Morgan fingerprint density at radius 2 is 1.47 bits per heavy atom. The Hall–Kier alpha value is -3.93. The molecular weight excluding hydrogens is 450 g/mol. The second kappa shape index (κ2) is 14.5. The lowest BCUT2D eigenvalue weighted by atomic mass is 10.1. The summed E-state index contributed by atoms with van der Waals surface area (Å²) >= 11 is 0. The maximum absolute atomic E-state index is 12.7. The fourth-order valence-corrected chi connectivity index (χ4v) is 3.76. The van der Waals surface area contributed by atoms with Gasteiger partial charge >= 0.3 is 0 Å². The maximum Gasteiger partial charge on any atom is 0.273 e. The largest absolute Gasteiger partial charge is 0.494 e. The maximum atomic E-state index is 12.7. The van der Waals surface area contributed by atoms with E-state index >= 15 is 0 Å². The zero-order valence-electron chi connectivity index (χ0n) is 21.1. The molecule has 0 aliphatic carbocycles. The molecule has 0 aliphatic rings. The normalized spacial score (nSPS) is 10.8. The van der Waals surface area contributed by atoms with E-state index in [9.17, 15) is 9.59 Å². The molecule has 3 aromatic carbocycles. The lowest BCUT2D eigenvalue weighted by Gasteiger charge is -2.11. The minimum absolute atomic E-state index is 0.268. The predicted octanol–water partition coefficient (Wildman–Crippen LogP) is 6.75. The number of anilines is 1. The number of benzene rings is 3. The van der Waals surface area contributed by atoms with Gasteiger partial charge in [0.2, 0.25) is 0 Å². The fourth-order valence-electron chi connectivity index (χ4n) is 3.76. The van der Waals surface area contributed by atoms with Crippen molar-refractivity contribution in [2.45, 2.75) is 52.4 Å². The molecule has 0 bridgehead atoms. The zero-order valence-corrected chi connectivity index (χ0v) is 21.1. The van der Waals surface area contributed by atoms with Crippen LogP contribution in [0.4, 0.5) is 5.69 Å². The van der Waals surface area contributed by atoms with Crippen molar-refractivity contribution in [3.63, 3.8) is 0 Å². The van der Waals surface area contributed by atoms with Gasteiger partial charge in [-0.25, -0.2) is 5.43 Å². The van der Waals surface area contributed by atoms with Crippen LogP contribution in [-0.4, -0.2) is 24.6 Å². The Bertz CT molecular complexity index is 1160. The van der Waals surface area contributed by atoms with Crippen molar-refractivity contribution in [3.8, 4) is 5.75 Å². The first kappa shape index (κ1) is 26.7. The first-order chi connectivity index (χ1) is 17.6. The van der Waals surface area contributed by atoms with Crippen molar-refractivity contribution in [1.82, 2.24) is 5.43 Å². The lowest BCUT2D eigenvalue weighted by molar-refractivity contribution is 0.0956. The second-order valence-corrected chi connectivity index (χ2v) is 8.70. The van der Waals surface area contributed by atoms with E-state index in [-0.39, 0.29) is 5.91 Å². The number of hydrogen-bond donors (Lipinski definition) is 2. The predicted molar refractivity (Wildman–Crippen MR) is 146 cm³/mol. The van der Waals surface area contributed by atoms with Gasteiger partial charge in [0.1, 0.15) is 5.75 Å². The Morgan fingerprint density at radius 1 is 0.806 bits per heavy atom. The van der Waals surface area contributed by atoms with Crippen LogP contribution < -0.4 is 15.5 Å². The highest BCUT2D eigenvalue weighted by Crippen LogP contribution is 2.18. The molecule has 6 nitrogen and oxygen atoms in total. The standard InChI is InChI=1S/C30H35N3O3/c1-3-4-5-6-7-12-21-36-25-19-17-24(18-20-25)22-31-33-30(35)27-15-10-11-16-28(27)32-29(34)26-14-9-8-13-23(26)2/h8-11,13-20,22H,3-7,12,21H2,1-2H3,(H,32,34)(H,33,35). The van der Waals surface area contributed by atoms with E-state index < -0.39 is 5.91 Å². The molecule has 3 rings (SSSR count). The molecular formula is C30H35N3O3. The number of hydrogen-bond acceptors (Lipinski definition) is 4. The van der Waals surface area contributed by atoms with Crippen LogP contribution in [0.15, 0.2) is 77.9 Å². The monoisotopic (exact) mass is 485 g/mol. The fraction of sp³-hybridized carbons (Fsp3) is 0.300. The van der Waals surface area contributed by atoms with Crippen molar-refractivity contribution in [2.75, 3.05) is 11.9 Å². The third-order valence-electron chi connectivity index (χ3n) is 5.84. The summed E-state index contributed by atoms with van der Waals surface area (Å²) in [4.78, 5) is 25.4. The van der Waals surface area contributed by atoms with Gasteiger partial charge in [0, 0.05) is 5.56 Å². The number of carbonyl (C=O) groups excluding carboxylic acids is 2. The molecule has 36 heavy (non-hydrogen) atoms. The smallest absolute Gasteiger partial charge is 0.273 e. The molecule has 0 radical (unpaired) electrons. The van der Waals surface area contributed by atoms with E-state index in [1.807, 2.05) is 49.4 Å². The quantitative estimate of drug-likeness (QED) is 0.160. The van der Waals surface area contributed by atoms with Gasteiger partial charge in [-0.15, -0.1) is 0 Å². The van der Waals surface area contributed by atoms with Crippen LogP contribution in [0.5, 0.6) is 5.75 Å². The Balaban J connectivity index is 1.50. The van der Waals surface area contributed by atoms with E-state index in [4.69, 9.17) is 4.74 Å². The van der Waals surface area contributed by atoms with Crippen molar-refractivity contribution < 1.29 is 14.3 Å². The van der Waals surface area contributed by atoms with Gasteiger partial charge in [-0.1, -0.05) is 69.4 Å². The molecule has 0 spiro atoms. The molecule has 0 heterocycles. The van der Waals surface area contributed by atoms with E-state index in [2.05, 4.69) is 22.8 Å². The van der Waals surface area contributed by atoms with E-state index in [0.717, 1.165) is 29.9 Å². The van der Waals surface area contributed by atoms with Crippen LogP contribution in [0.2, 0.25) is 0 Å². The number of carbonyl (C=O) groups is 2. The molecule has 0 unspecified atom stereocenters. The van der Waals surface area contributed by atoms with Crippen LogP contribution >= 0.6 is 0 Å². The molecule has 0 fully saturated rings. The number of para-hydroxylation sites is 1. The van der Waals surface area contributed by atoms with Crippen LogP contribution in [0.1, 0.15) is 77.3 Å². The van der Waals surface area contributed by atoms with Crippen molar-refractivity contribution in [3.05, 3.63) is 95.1 Å². The van der Waals surface area contributed by atoms with Gasteiger partial charge in [0.15, 0.2) is 0 Å². The molecule has 0 saturated heterocycles. The highest BCUT2D eigenvalue weighted by molar-refractivity contribution is 6.09. The Kier molecular flexibility index (Phi) is 10.7. The summed E-state index contributed by atoms with van der Waals surface area (Å²) in [5.74, 6) is 0.143. The first-order valence-corrected chi connectivity index (χ1v) is 12.6. The molecule has 188 valence electrons. The highest BCUT2D eigenvalue weighted by atomic mass is 16.5. The zero-order chi connectivity index (χ0) is 25.6. The number of nitrogens with zero attached hydrogens (tertiary/aromatic N) is 1. The third-order valence-corrected chi connectivity index (χ3v) is 5.84. The van der Waals surface area contributed by atoms with Gasteiger partial charge in [-0.3, -0.25) is 9.59 Å². The van der Waals surface area contributed by atoms with Crippen LogP contribution in [-0.2, 0) is 0 Å². The topological polar surface area (TPSA) is 79.8 Å². The first-order valence-electron chi connectivity index (χ1n) is 12.6. The van der Waals surface area contributed by atoms with Crippen LogP contribution in [0.3, 0.4) is 0 Å². The number of hydrazone groups is 1. The van der Waals surface area contributed by atoms with E-state index in [1.165, 1.54) is 32.1 Å². The molecule has 0 saturated carbocycles. The summed E-state index contributed by atoms with van der Waals surface area (Å²) in [5, 5.41) is 6.90. The van der Waals surface area contributed by atoms with Gasteiger partial charge in [-0.2, -0.15) is 5.10 Å². The molecule has 0 atom stereocenters. The molecule has 2 amide bonds. The molecule has 0 aromatic heterocycles. The lowest BCUT2D eigenvalue weighted by Crippen LogP contribution is -2.21. The molecule has 3 aromatic rings. The summed E-state index contributed by atoms with van der Waals surface area (Å²) < 4.78 is 5.80. The number of nitrogens with one attached hydrogen (secondary N) is 2. The number of rotatable bonds is 13. The minimum atomic E-state index is -0.411. The summed E-state index contributed by atoms with van der Waals surface area (Å²) in [5.41, 5.74) is 5.55. The number of amides is 2. The molecule has 2 N–H and O–H groups in total. The van der Waals surface area contributed by atoms with Crippen molar-refractivity contribution in [2.24, 2.45) is 5.10 Å².